The van der Waals surface area contributed by atoms with Gasteiger partial charge in [-0.3, -0.25) is 4.79 Å². The first-order valence-corrected chi connectivity index (χ1v) is 6.26. The van der Waals surface area contributed by atoms with Gasteiger partial charge in [0.2, 0.25) is 0 Å². The fourth-order valence-electron chi connectivity index (χ4n) is 1.55. The molecule has 0 fully saturated rings. The van der Waals surface area contributed by atoms with E-state index in [-0.39, 0.29) is 11.6 Å². The van der Waals surface area contributed by atoms with Gasteiger partial charge >= 0.3 is 0 Å². The van der Waals surface area contributed by atoms with Crippen LogP contribution in [0.15, 0.2) is 48.5 Å². The number of ketones is 1. The van der Waals surface area contributed by atoms with Gasteiger partial charge in [0.1, 0.15) is 5.82 Å². The largest absolute Gasteiger partial charge is 0.294 e. The zero-order valence-corrected chi connectivity index (χ0v) is 11.1. The van der Waals surface area contributed by atoms with E-state index in [2.05, 4.69) is 22.6 Å². The van der Waals surface area contributed by atoms with Gasteiger partial charge in [-0.1, -0.05) is 24.3 Å². The molecule has 1 nitrogen and oxygen atoms in total. The van der Waals surface area contributed by atoms with E-state index in [1.54, 1.807) is 12.1 Å². The molecule has 0 atom stereocenters. The third kappa shape index (κ3) is 3.36. The molecule has 0 saturated carbocycles. The normalized spacial score (nSPS) is 10.2. The molecule has 17 heavy (non-hydrogen) atoms. The second kappa shape index (κ2) is 5.40. The summed E-state index contributed by atoms with van der Waals surface area (Å²) in [7, 11) is 0. The van der Waals surface area contributed by atoms with Crippen LogP contribution in [-0.4, -0.2) is 5.78 Å². The molecule has 0 aromatic heterocycles. The van der Waals surface area contributed by atoms with E-state index < -0.39 is 0 Å². The minimum atomic E-state index is -0.376. The van der Waals surface area contributed by atoms with E-state index in [4.69, 9.17) is 0 Å². The summed E-state index contributed by atoms with van der Waals surface area (Å²) in [5.41, 5.74) is 1.36. The van der Waals surface area contributed by atoms with Crippen molar-refractivity contribution in [2.24, 2.45) is 0 Å². The van der Waals surface area contributed by atoms with Crippen molar-refractivity contribution in [2.75, 3.05) is 0 Å². The van der Waals surface area contributed by atoms with Crippen LogP contribution in [0.4, 0.5) is 4.39 Å². The summed E-state index contributed by atoms with van der Waals surface area (Å²) >= 11 is 2.21. The minimum absolute atomic E-state index is 0.0642. The predicted octanol–water partition coefficient (Wildman–Crippen LogP) is 3.86. The molecule has 0 spiro atoms. The number of hydrogen-bond donors (Lipinski definition) is 0. The molecule has 0 radical (unpaired) electrons. The fraction of sp³-hybridized carbons (Fsp3) is 0.0714. The van der Waals surface area contributed by atoms with Crippen molar-refractivity contribution in [3.63, 3.8) is 0 Å². The van der Waals surface area contributed by atoms with Crippen LogP contribution in [0, 0.1) is 9.39 Å². The van der Waals surface area contributed by atoms with Crippen LogP contribution in [0.5, 0.6) is 0 Å². The van der Waals surface area contributed by atoms with Crippen LogP contribution >= 0.6 is 22.6 Å². The molecule has 0 N–H and O–H groups in total. The second-order valence-corrected chi connectivity index (χ2v) is 4.98. The minimum Gasteiger partial charge on any atom is -0.294 e. The highest BCUT2D eigenvalue weighted by molar-refractivity contribution is 14.1. The number of rotatable bonds is 3. The van der Waals surface area contributed by atoms with Crippen molar-refractivity contribution in [1.29, 1.82) is 0 Å². The van der Waals surface area contributed by atoms with Crippen LogP contribution < -0.4 is 0 Å². The maximum Gasteiger partial charge on any atom is 0.167 e. The van der Waals surface area contributed by atoms with Gasteiger partial charge in [0.15, 0.2) is 5.78 Å². The van der Waals surface area contributed by atoms with Gasteiger partial charge in [-0.25, -0.2) is 4.39 Å². The molecular weight excluding hydrogens is 330 g/mol. The smallest absolute Gasteiger partial charge is 0.167 e. The number of hydrogen-bond acceptors (Lipinski definition) is 1. The van der Waals surface area contributed by atoms with Crippen molar-refractivity contribution in [3.8, 4) is 0 Å². The van der Waals surface area contributed by atoms with Crippen molar-refractivity contribution in [3.05, 3.63) is 69.0 Å². The van der Waals surface area contributed by atoms with Crippen LogP contribution in [-0.2, 0) is 6.42 Å². The summed E-state index contributed by atoms with van der Waals surface area (Å²) < 4.78 is 14.1. The molecule has 0 bridgehead atoms. The molecule has 0 saturated heterocycles. The molecule has 2 rings (SSSR count). The van der Waals surface area contributed by atoms with Gasteiger partial charge in [0.25, 0.3) is 0 Å². The molecule has 0 aliphatic carbocycles. The monoisotopic (exact) mass is 340 g/mol. The Kier molecular flexibility index (Phi) is 3.89. The van der Waals surface area contributed by atoms with Gasteiger partial charge in [0, 0.05) is 15.6 Å². The highest BCUT2D eigenvalue weighted by Gasteiger charge is 2.07. The Morgan fingerprint density at radius 2 is 1.82 bits per heavy atom. The molecule has 0 amide bonds. The summed E-state index contributed by atoms with van der Waals surface area (Å²) in [6, 6.07) is 13.5. The lowest BCUT2D eigenvalue weighted by Gasteiger charge is -2.02. The number of benzene rings is 2. The first kappa shape index (κ1) is 12.2. The second-order valence-electron chi connectivity index (χ2n) is 3.74. The van der Waals surface area contributed by atoms with E-state index in [0.29, 0.717) is 12.0 Å². The topological polar surface area (TPSA) is 17.1 Å². The van der Waals surface area contributed by atoms with E-state index in [1.165, 1.54) is 12.1 Å². The number of carbonyl (C=O) groups is 1. The van der Waals surface area contributed by atoms with Gasteiger partial charge in [-0.05, 0) is 52.4 Å². The zero-order chi connectivity index (χ0) is 12.3. The highest BCUT2D eigenvalue weighted by atomic mass is 127. The summed E-state index contributed by atoms with van der Waals surface area (Å²) in [6.45, 7) is 0. The molecule has 0 aliphatic rings. The SMILES string of the molecule is O=C(Cc1ccc(I)cc1)c1cccc(F)c1. The van der Waals surface area contributed by atoms with Crippen LogP contribution in [0.3, 0.4) is 0 Å². The van der Waals surface area contributed by atoms with E-state index in [9.17, 15) is 9.18 Å². The molecule has 86 valence electrons. The third-order valence-electron chi connectivity index (χ3n) is 2.42. The lowest BCUT2D eigenvalue weighted by atomic mass is 10.0. The van der Waals surface area contributed by atoms with Gasteiger partial charge in [-0.15, -0.1) is 0 Å². The van der Waals surface area contributed by atoms with Crippen LogP contribution in [0.1, 0.15) is 15.9 Å². The number of carbonyl (C=O) groups excluding carboxylic acids is 1. The number of halogens is 2. The van der Waals surface area contributed by atoms with Gasteiger partial charge < -0.3 is 0 Å². The maximum atomic E-state index is 13.0. The van der Waals surface area contributed by atoms with Crippen LogP contribution in [0.2, 0.25) is 0 Å². The summed E-state index contributed by atoms with van der Waals surface area (Å²) in [5.74, 6) is -0.441. The average molecular weight is 340 g/mol. The predicted molar refractivity (Wildman–Crippen MR) is 73.6 cm³/mol. The standard InChI is InChI=1S/C14H10FIO/c15-12-3-1-2-11(9-12)14(17)8-10-4-6-13(16)7-5-10/h1-7,9H,8H2. The lowest BCUT2D eigenvalue weighted by molar-refractivity contribution is 0.0992. The maximum absolute atomic E-state index is 13.0. The Labute approximate surface area is 113 Å². The third-order valence-corrected chi connectivity index (χ3v) is 3.14. The quantitative estimate of drug-likeness (QED) is 0.613. The first-order valence-electron chi connectivity index (χ1n) is 5.18. The molecule has 2 aromatic carbocycles. The molecule has 0 unspecified atom stereocenters. The molecule has 0 heterocycles. The molecule has 2 aromatic rings. The van der Waals surface area contributed by atoms with Crippen molar-refractivity contribution < 1.29 is 9.18 Å². The summed E-state index contributed by atoms with van der Waals surface area (Å²) in [4.78, 5) is 11.9. The van der Waals surface area contributed by atoms with Crippen molar-refractivity contribution in [1.82, 2.24) is 0 Å². The Bertz CT molecular complexity index is 534. The number of Topliss-reactive ketones (excluding diaryl/α,β-unsaturated/α-hetero) is 1. The summed E-state index contributed by atoms with van der Waals surface area (Å²) in [5, 5.41) is 0. The molecule has 0 aliphatic heterocycles. The Morgan fingerprint density at radius 1 is 1.12 bits per heavy atom. The average Bonchev–Trinajstić information content (AvgIpc) is 2.32. The van der Waals surface area contributed by atoms with E-state index in [1.807, 2.05) is 24.3 Å². The fourth-order valence-corrected chi connectivity index (χ4v) is 1.91. The zero-order valence-electron chi connectivity index (χ0n) is 8.99. The first-order chi connectivity index (χ1) is 8.15. The Hall–Kier alpha value is -1.23. The molecule has 3 heteroatoms. The van der Waals surface area contributed by atoms with Gasteiger partial charge in [-0.2, -0.15) is 0 Å². The summed E-state index contributed by atoms with van der Waals surface area (Å²) in [6.07, 6.45) is 0.306. The Balaban J connectivity index is 2.14. The van der Waals surface area contributed by atoms with Crippen LogP contribution in [0.25, 0.3) is 0 Å². The molecular formula is C14H10FIO. The van der Waals surface area contributed by atoms with Crippen molar-refractivity contribution >= 4 is 28.4 Å². The highest BCUT2D eigenvalue weighted by Crippen LogP contribution is 2.11. The van der Waals surface area contributed by atoms with E-state index in [0.717, 1.165) is 9.13 Å². The Morgan fingerprint density at radius 3 is 2.47 bits per heavy atom. The van der Waals surface area contributed by atoms with Gasteiger partial charge in [0.05, 0.1) is 0 Å². The lowest BCUT2D eigenvalue weighted by Crippen LogP contribution is -2.03. The van der Waals surface area contributed by atoms with E-state index >= 15 is 0 Å². The van der Waals surface area contributed by atoms with Crippen molar-refractivity contribution in [2.45, 2.75) is 6.42 Å².